The highest BCUT2D eigenvalue weighted by Crippen LogP contribution is 2.11. The molecule has 0 saturated carbocycles. The van der Waals surface area contributed by atoms with Crippen LogP contribution in [-0.4, -0.2) is 41.8 Å². The number of primary amides is 1. The predicted molar refractivity (Wildman–Crippen MR) is 115 cm³/mol. The monoisotopic (exact) mass is 422 g/mol. The Morgan fingerprint density at radius 1 is 0.968 bits per heavy atom. The van der Waals surface area contributed by atoms with Crippen molar-refractivity contribution in [2.24, 2.45) is 5.73 Å². The van der Waals surface area contributed by atoms with Gasteiger partial charge in [0.25, 0.3) is 0 Å². The van der Waals surface area contributed by atoms with Crippen LogP contribution < -0.4 is 21.7 Å². The summed E-state index contributed by atoms with van der Waals surface area (Å²) < 4.78 is 0. The molecule has 1 heterocycles. The van der Waals surface area contributed by atoms with Crippen LogP contribution in [0.5, 0.6) is 0 Å². The summed E-state index contributed by atoms with van der Waals surface area (Å²) in [5, 5.41) is 7.85. The maximum atomic E-state index is 12.5. The van der Waals surface area contributed by atoms with Gasteiger partial charge in [-0.3, -0.25) is 19.2 Å². The van der Waals surface area contributed by atoms with E-state index in [4.69, 9.17) is 5.73 Å². The molecule has 0 aliphatic carbocycles. The molecule has 31 heavy (non-hydrogen) atoms. The largest absolute Gasteiger partial charge is 0.368 e. The van der Waals surface area contributed by atoms with E-state index in [9.17, 15) is 19.2 Å². The second kappa shape index (κ2) is 9.88. The van der Waals surface area contributed by atoms with Gasteiger partial charge in [-0.25, -0.2) is 0 Å². The molecule has 0 spiro atoms. The number of nitrogens with one attached hydrogen (secondary N) is 3. The summed E-state index contributed by atoms with van der Waals surface area (Å²) in [6, 6.07) is 14.2. The Hall–Kier alpha value is -3.68. The Labute approximate surface area is 180 Å². The molecule has 2 aromatic carbocycles. The van der Waals surface area contributed by atoms with Crippen molar-refractivity contribution in [2.75, 3.05) is 0 Å². The molecule has 3 rings (SSSR count). The van der Waals surface area contributed by atoms with Crippen molar-refractivity contribution in [1.82, 2.24) is 16.0 Å². The van der Waals surface area contributed by atoms with E-state index in [1.54, 1.807) is 0 Å². The molecule has 0 radical (unpaired) electrons. The molecule has 3 atom stereocenters. The van der Waals surface area contributed by atoms with Crippen LogP contribution in [0, 0.1) is 6.92 Å². The van der Waals surface area contributed by atoms with Crippen molar-refractivity contribution < 1.29 is 19.2 Å². The molecule has 1 aliphatic heterocycles. The minimum absolute atomic E-state index is 0.246. The van der Waals surface area contributed by atoms with E-state index in [0.29, 0.717) is 6.42 Å². The van der Waals surface area contributed by atoms with E-state index in [1.807, 2.05) is 61.5 Å². The van der Waals surface area contributed by atoms with Crippen LogP contribution in [0.1, 0.15) is 23.1 Å². The Balaban J connectivity index is 1.57. The van der Waals surface area contributed by atoms with Crippen molar-refractivity contribution in [3.05, 3.63) is 71.3 Å². The Bertz CT molecular complexity index is 977. The zero-order valence-electron chi connectivity index (χ0n) is 17.3. The third-order valence-electron chi connectivity index (χ3n) is 5.30. The van der Waals surface area contributed by atoms with Gasteiger partial charge in [-0.15, -0.1) is 0 Å². The minimum Gasteiger partial charge on any atom is -0.368 e. The number of rotatable bonds is 8. The molecule has 8 heteroatoms. The average Bonchev–Trinajstić information content (AvgIpc) is 2.73. The molecule has 1 saturated heterocycles. The van der Waals surface area contributed by atoms with Crippen LogP contribution in [0.25, 0.3) is 0 Å². The van der Waals surface area contributed by atoms with E-state index in [0.717, 1.165) is 16.7 Å². The zero-order chi connectivity index (χ0) is 22.4. The van der Waals surface area contributed by atoms with E-state index in [1.165, 1.54) is 0 Å². The van der Waals surface area contributed by atoms with Crippen LogP contribution >= 0.6 is 0 Å². The summed E-state index contributed by atoms with van der Waals surface area (Å²) in [6.45, 7) is 1.91. The highest BCUT2D eigenvalue weighted by atomic mass is 16.2. The first-order chi connectivity index (χ1) is 14.8. The normalized spacial score (nSPS) is 19.1. The molecule has 0 unspecified atom stereocenters. The van der Waals surface area contributed by atoms with Crippen molar-refractivity contribution in [2.45, 2.75) is 44.3 Å². The maximum absolute atomic E-state index is 12.5. The minimum atomic E-state index is -1.01. The number of benzene rings is 2. The number of piperazine rings is 1. The van der Waals surface area contributed by atoms with Crippen LogP contribution in [-0.2, 0) is 32.0 Å². The average molecular weight is 422 g/mol. The highest BCUT2D eigenvalue weighted by molar-refractivity contribution is 5.99. The number of amides is 4. The molecule has 162 valence electrons. The first-order valence-corrected chi connectivity index (χ1v) is 10.1. The van der Waals surface area contributed by atoms with Crippen molar-refractivity contribution in [1.29, 1.82) is 0 Å². The van der Waals surface area contributed by atoms with Crippen molar-refractivity contribution in [3.63, 3.8) is 0 Å². The summed E-state index contributed by atoms with van der Waals surface area (Å²) in [5.74, 6) is -2.01. The van der Waals surface area contributed by atoms with Gasteiger partial charge in [0.05, 0.1) is 6.42 Å². The van der Waals surface area contributed by atoms with Crippen LogP contribution in [0.2, 0.25) is 0 Å². The Morgan fingerprint density at radius 3 is 2.26 bits per heavy atom. The predicted octanol–water partition coefficient (Wildman–Crippen LogP) is 0.124. The second-order valence-corrected chi connectivity index (χ2v) is 7.67. The molecule has 1 aliphatic rings. The van der Waals surface area contributed by atoms with Crippen LogP contribution in [0.4, 0.5) is 0 Å². The summed E-state index contributed by atoms with van der Waals surface area (Å²) in [6.07, 6.45) is 0.320. The van der Waals surface area contributed by atoms with Gasteiger partial charge in [0, 0.05) is 12.8 Å². The number of nitrogens with two attached hydrogens (primary N) is 1. The molecular formula is C23H26N4O4. The molecule has 8 nitrogen and oxygen atoms in total. The molecule has 2 aromatic rings. The Morgan fingerprint density at radius 2 is 1.58 bits per heavy atom. The SMILES string of the molecule is Cc1ccccc1C[C@H](NC(=O)C[C@@H]1NC(=O)[C@H](Cc2ccccc2)NC1=O)C(N)=O. The smallest absolute Gasteiger partial charge is 0.243 e. The van der Waals surface area contributed by atoms with Gasteiger partial charge in [0.1, 0.15) is 18.1 Å². The number of carbonyl (C=O) groups is 4. The fourth-order valence-electron chi connectivity index (χ4n) is 3.53. The zero-order valence-corrected chi connectivity index (χ0v) is 17.3. The van der Waals surface area contributed by atoms with E-state index >= 15 is 0 Å². The molecule has 0 bridgehead atoms. The number of hydrogen-bond acceptors (Lipinski definition) is 4. The summed E-state index contributed by atoms with van der Waals surface area (Å²) in [4.78, 5) is 49.2. The van der Waals surface area contributed by atoms with Gasteiger partial charge >= 0.3 is 0 Å². The van der Waals surface area contributed by atoms with Gasteiger partial charge in [-0.1, -0.05) is 54.6 Å². The lowest BCUT2D eigenvalue weighted by Crippen LogP contribution is -2.63. The van der Waals surface area contributed by atoms with E-state index < -0.39 is 35.8 Å². The highest BCUT2D eigenvalue weighted by Gasteiger charge is 2.35. The topological polar surface area (TPSA) is 130 Å². The van der Waals surface area contributed by atoms with Gasteiger partial charge in [-0.05, 0) is 23.6 Å². The van der Waals surface area contributed by atoms with Gasteiger partial charge in [0.2, 0.25) is 23.6 Å². The fourth-order valence-corrected chi connectivity index (χ4v) is 3.53. The lowest BCUT2D eigenvalue weighted by atomic mass is 9.99. The van der Waals surface area contributed by atoms with Crippen molar-refractivity contribution in [3.8, 4) is 0 Å². The van der Waals surface area contributed by atoms with Gasteiger partial charge < -0.3 is 21.7 Å². The second-order valence-electron chi connectivity index (χ2n) is 7.67. The third-order valence-corrected chi connectivity index (χ3v) is 5.30. The molecular weight excluding hydrogens is 396 g/mol. The van der Waals surface area contributed by atoms with Crippen LogP contribution in [0.15, 0.2) is 54.6 Å². The van der Waals surface area contributed by atoms with Gasteiger partial charge in [0.15, 0.2) is 0 Å². The molecule has 4 amide bonds. The number of aryl methyl sites for hydroxylation is 1. The van der Waals surface area contributed by atoms with Crippen molar-refractivity contribution >= 4 is 23.6 Å². The lowest BCUT2D eigenvalue weighted by molar-refractivity contribution is -0.138. The molecule has 5 N–H and O–H groups in total. The van der Waals surface area contributed by atoms with Crippen LogP contribution in [0.3, 0.4) is 0 Å². The molecule has 0 aromatic heterocycles. The third kappa shape index (κ3) is 5.91. The first kappa shape index (κ1) is 22.0. The van der Waals surface area contributed by atoms with E-state index in [2.05, 4.69) is 16.0 Å². The summed E-state index contributed by atoms with van der Waals surface area (Å²) in [7, 11) is 0. The first-order valence-electron chi connectivity index (χ1n) is 10.1. The van der Waals surface area contributed by atoms with E-state index in [-0.39, 0.29) is 18.7 Å². The Kier molecular flexibility index (Phi) is 7.02. The summed E-state index contributed by atoms with van der Waals surface area (Å²) >= 11 is 0. The lowest BCUT2D eigenvalue weighted by Gasteiger charge is -2.29. The molecule has 1 fully saturated rings. The fraction of sp³-hybridized carbons (Fsp3) is 0.304. The van der Waals surface area contributed by atoms with Gasteiger partial charge in [-0.2, -0.15) is 0 Å². The number of hydrogen-bond donors (Lipinski definition) is 4. The quantitative estimate of drug-likeness (QED) is 0.481. The maximum Gasteiger partial charge on any atom is 0.243 e. The summed E-state index contributed by atoms with van der Waals surface area (Å²) in [5.41, 5.74) is 8.24. The number of carbonyl (C=O) groups excluding carboxylic acids is 4. The standard InChI is InChI=1S/C23H26N4O4/c1-14-7-5-6-10-16(14)12-17(21(24)29)25-20(28)13-19-23(31)26-18(22(30)27-19)11-15-8-3-2-4-9-15/h2-10,17-19H,11-13H2,1H3,(H2,24,29)(H,25,28)(H,26,31)(H,27,30)/t17-,18-,19-/m0/s1.